The lowest BCUT2D eigenvalue weighted by atomic mass is 9.89. The third-order valence-electron chi connectivity index (χ3n) is 4.16. The molecule has 2 aromatic rings. The van der Waals surface area contributed by atoms with Crippen LogP contribution in [-0.4, -0.2) is 37.1 Å². The number of benzene rings is 1. The summed E-state index contributed by atoms with van der Waals surface area (Å²) in [6, 6.07) is 6.59. The van der Waals surface area contributed by atoms with Gasteiger partial charge >= 0.3 is 0 Å². The number of piperidine rings is 1. The minimum Gasteiger partial charge on any atom is -0.388 e. The molecule has 0 saturated carbocycles. The molecule has 0 atom stereocenters. The van der Waals surface area contributed by atoms with E-state index < -0.39 is 0 Å². The molecule has 0 aliphatic carbocycles. The molecular weight excluding hydrogens is 222 g/mol. The zero-order valence-electron chi connectivity index (χ0n) is 11.2. The summed E-state index contributed by atoms with van der Waals surface area (Å²) in [4.78, 5) is 5.84. The molecular formula is C15H21N3. The summed E-state index contributed by atoms with van der Waals surface area (Å²) in [6.07, 6.45) is 4.76. The number of likely N-dealkylation sites (tertiary alicyclic amines) is 1. The quantitative estimate of drug-likeness (QED) is 0.849. The Morgan fingerprint density at radius 1 is 1.28 bits per heavy atom. The molecule has 1 saturated heterocycles. The van der Waals surface area contributed by atoms with E-state index >= 15 is 0 Å². The van der Waals surface area contributed by atoms with Crippen LogP contribution in [-0.2, 0) is 0 Å². The Labute approximate surface area is 108 Å². The first-order valence-corrected chi connectivity index (χ1v) is 6.75. The molecule has 0 radical (unpaired) electrons. The summed E-state index contributed by atoms with van der Waals surface area (Å²) >= 11 is 0. The van der Waals surface area contributed by atoms with E-state index in [2.05, 4.69) is 46.6 Å². The number of fused-ring (bicyclic) bond motifs is 1. The Hall–Kier alpha value is -1.48. The van der Waals surface area contributed by atoms with Gasteiger partial charge in [-0.1, -0.05) is 6.07 Å². The van der Waals surface area contributed by atoms with E-state index in [1.807, 2.05) is 7.05 Å². The molecule has 2 heterocycles. The van der Waals surface area contributed by atoms with Crippen LogP contribution in [0.25, 0.3) is 10.9 Å². The Morgan fingerprint density at radius 2 is 2.06 bits per heavy atom. The van der Waals surface area contributed by atoms with Crippen LogP contribution in [0.3, 0.4) is 0 Å². The van der Waals surface area contributed by atoms with Crippen molar-refractivity contribution in [3.63, 3.8) is 0 Å². The van der Waals surface area contributed by atoms with Crippen molar-refractivity contribution >= 4 is 16.6 Å². The number of nitrogens with zero attached hydrogens (tertiary/aromatic N) is 1. The van der Waals surface area contributed by atoms with Crippen molar-refractivity contribution in [1.82, 2.24) is 9.88 Å². The first-order valence-electron chi connectivity index (χ1n) is 6.75. The van der Waals surface area contributed by atoms with Crippen LogP contribution in [0.5, 0.6) is 0 Å². The van der Waals surface area contributed by atoms with E-state index in [1.165, 1.54) is 48.1 Å². The van der Waals surface area contributed by atoms with Gasteiger partial charge < -0.3 is 15.2 Å². The topological polar surface area (TPSA) is 31.1 Å². The Kier molecular flexibility index (Phi) is 3.00. The minimum absolute atomic E-state index is 0.718. The van der Waals surface area contributed by atoms with Gasteiger partial charge in [0, 0.05) is 29.8 Å². The molecule has 3 rings (SSSR count). The van der Waals surface area contributed by atoms with Crippen LogP contribution in [0, 0.1) is 0 Å². The molecule has 3 heteroatoms. The van der Waals surface area contributed by atoms with Crippen molar-refractivity contribution in [2.24, 2.45) is 0 Å². The molecule has 0 amide bonds. The molecule has 1 aliphatic heterocycles. The van der Waals surface area contributed by atoms with Crippen molar-refractivity contribution in [1.29, 1.82) is 0 Å². The predicted molar refractivity (Wildman–Crippen MR) is 77.3 cm³/mol. The van der Waals surface area contributed by atoms with Gasteiger partial charge in [0.2, 0.25) is 0 Å². The lowest BCUT2D eigenvalue weighted by molar-refractivity contribution is 0.256. The van der Waals surface area contributed by atoms with E-state index in [4.69, 9.17) is 0 Å². The summed E-state index contributed by atoms with van der Waals surface area (Å²) in [7, 11) is 4.17. The molecule has 18 heavy (non-hydrogen) atoms. The van der Waals surface area contributed by atoms with Gasteiger partial charge in [-0.15, -0.1) is 0 Å². The van der Waals surface area contributed by atoms with E-state index in [0.717, 1.165) is 5.92 Å². The highest BCUT2D eigenvalue weighted by Crippen LogP contribution is 2.33. The van der Waals surface area contributed by atoms with Crippen LogP contribution in [0.4, 0.5) is 5.69 Å². The maximum atomic E-state index is 3.42. The lowest BCUT2D eigenvalue weighted by Gasteiger charge is -2.28. The fourth-order valence-electron chi connectivity index (χ4n) is 2.96. The second-order valence-electron chi connectivity index (χ2n) is 5.33. The minimum atomic E-state index is 0.718. The van der Waals surface area contributed by atoms with Crippen molar-refractivity contribution in [2.45, 2.75) is 18.8 Å². The van der Waals surface area contributed by atoms with Crippen LogP contribution in [0.15, 0.2) is 24.4 Å². The number of hydrogen-bond donors (Lipinski definition) is 2. The highest BCUT2D eigenvalue weighted by Gasteiger charge is 2.20. The third kappa shape index (κ3) is 1.99. The monoisotopic (exact) mass is 243 g/mol. The highest BCUT2D eigenvalue weighted by molar-refractivity contribution is 5.86. The number of hydrogen-bond acceptors (Lipinski definition) is 2. The maximum absolute atomic E-state index is 3.42. The number of aromatic amines is 1. The van der Waals surface area contributed by atoms with E-state index in [0.29, 0.717) is 0 Å². The summed E-state index contributed by atoms with van der Waals surface area (Å²) in [5.74, 6) is 0.718. The van der Waals surface area contributed by atoms with Gasteiger partial charge in [0.15, 0.2) is 0 Å². The molecule has 0 unspecified atom stereocenters. The zero-order chi connectivity index (χ0) is 12.5. The van der Waals surface area contributed by atoms with E-state index in [9.17, 15) is 0 Å². The van der Waals surface area contributed by atoms with Crippen LogP contribution >= 0.6 is 0 Å². The van der Waals surface area contributed by atoms with Gasteiger partial charge in [-0.25, -0.2) is 0 Å². The fraction of sp³-hybridized carbons (Fsp3) is 0.467. The van der Waals surface area contributed by atoms with Crippen molar-refractivity contribution in [2.75, 3.05) is 32.5 Å². The van der Waals surface area contributed by atoms with Crippen molar-refractivity contribution in [3.8, 4) is 0 Å². The number of rotatable bonds is 2. The summed E-state index contributed by atoms with van der Waals surface area (Å²) in [5, 5.41) is 4.58. The SMILES string of the molecule is CNc1ccc2c(C3CCN(C)CC3)c[nH]c2c1. The van der Waals surface area contributed by atoms with Gasteiger partial charge in [-0.3, -0.25) is 0 Å². The second kappa shape index (κ2) is 4.65. The second-order valence-corrected chi connectivity index (χ2v) is 5.33. The van der Waals surface area contributed by atoms with Gasteiger partial charge in [-0.2, -0.15) is 0 Å². The summed E-state index contributed by atoms with van der Waals surface area (Å²) in [6.45, 7) is 2.43. The normalized spacial score (nSPS) is 18.3. The summed E-state index contributed by atoms with van der Waals surface area (Å²) < 4.78 is 0. The van der Waals surface area contributed by atoms with Crippen LogP contribution in [0.1, 0.15) is 24.3 Å². The van der Waals surface area contributed by atoms with Crippen LogP contribution < -0.4 is 5.32 Å². The summed E-state index contributed by atoms with van der Waals surface area (Å²) in [5.41, 5.74) is 3.91. The Bertz CT molecular complexity index is 536. The van der Waals surface area contributed by atoms with Gasteiger partial charge in [0.25, 0.3) is 0 Å². The number of anilines is 1. The average molecular weight is 243 g/mol. The van der Waals surface area contributed by atoms with Crippen molar-refractivity contribution < 1.29 is 0 Å². The predicted octanol–water partition coefficient (Wildman–Crippen LogP) is 3.02. The molecule has 1 fully saturated rings. The average Bonchev–Trinajstić information content (AvgIpc) is 2.82. The number of nitrogens with one attached hydrogen (secondary N) is 2. The molecule has 0 spiro atoms. The number of aromatic nitrogens is 1. The molecule has 1 aromatic carbocycles. The molecule has 1 aliphatic rings. The lowest BCUT2D eigenvalue weighted by Crippen LogP contribution is -2.29. The molecule has 2 N–H and O–H groups in total. The van der Waals surface area contributed by atoms with Gasteiger partial charge in [-0.05, 0) is 56.6 Å². The standard InChI is InChI=1S/C15H21N3/c1-16-12-3-4-13-14(10-17-15(13)9-12)11-5-7-18(2)8-6-11/h3-4,9-11,16-17H,5-8H2,1-2H3. The van der Waals surface area contributed by atoms with Crippen molar-refractivity contribution in [3.05, 3.63) is 30.0 Å². The smallest absolute Gasteiger partial charge is 0.0477 e. The molecule has 0 bridgehead atoms. The van der Waals surface area contributed by atoms with E-state index in [1.54, 1.807) is 0 Å². The Balaban J connectivity index is 1.93. The van der Waals surface area contributed by atoms with Gasteiger partial charge in [0.1, 0.15) is 0 Å². The van der Waals surface area contributed by atoms with Crippen LogP contribution in [0.2, 0.25) is 0 Å². The highest BCUT2D eigenvalue weighted by atomic mass is 15.1. The maximum Gasteiger partial charge on any atom is 0.0477 e. The fourth-order valence-corrected chi connectivity index (χ4v) is 2.96. The number of H-pyrrole nitrogens is 1. The Morgan fingerprint density at radius 3 is 2.78 bits per heavy atom. The molecule has 1 aromatic heterocycles. The largest absolute Gasteiger partial charge is 0.388 e. The van der Waals surface area contributed by atoms with Gasteiger partial charge in [0.05, 0.1) is 0 Å². The first kappa shape index (κ1) is 11.6. The zero-order valence-corrected chi connectivity index (χ0v) is 11.2. The molecule has 96 valence electrons. The third-order valence-corrected chi connectivity index (χ3v) is 4.16. The van der Waals surface area contributed by atoms with E-state index in [-0.39, 0.29) is 0 Å². The molecule has 3 nitrogen and oxygen atoms in total. The first-order chi connectivity index (χ1) is 8.78.